The molecule has 1 N–H and O–H groups in total. The van der Waals surface area contributed by atoms with Gasteiger partial charge in [0.25, 0.3) is 5.91 Å². The van der Waals surface area contributed by atoms with Gasteiger partial charge in [-0.25, -0.2) is 0 Å². The van der Waals surface area contributed by atoms with Crippen LogP contribution in [0.4, 0.5) is 0 Å². The third kappa shape index (κ3) is 4.75. The fourth-order valence-electron chi connectivity index (χ4n) is 4.46. The lowest BCUT2D eigenvalue weighted by atomic mass is 9.94. The van der Waals surface area contributed by atoms with Crippen molar-refractivity contribution in [3.05, 3.63) is 35.4 Å². The average molecular weight is 384 g/mol. The van der Waals surface area contributed by atoms with Crippen LogP contribution in [-0.2, 0) is 4.79 Å². The van der Waals surface area contributed by atoms with Gasteiger partial charge in [0.1, 0.15) is 0 Å². The fourth-order valence-corrected chi connectivity index (χ4v) is 4.46. The van der Waals surface area contributed by atoms with Crippen molar-refractivity contribution in [2.75, 3.05) is 32.7 Å². The normalized spacial score (nSPS) is 23.7. The van der Waals surface area contributed by atoms with Crippen LogP contribution in [0.1, 0.15) is 54.4 Å². The molecular weight excluding hydrogens is 350 g/mol. The maximum absolute atomic E-state index is 13.1. The highest BCUT2D eigenvalue weighted by Gasteiger charge is 2.33. The van der Waals surface area contributed by atoms with Crippen LogP contribution in [0.25, 0.3) is 0 Å². The Kier molecular flexibility index (Phi) is 6.00. The van der Waals surface area contributed by atoms with Gasteiger partial charge >= 0.3 is 0 Å². The van der Waals surface area contributed by atoms with Crippen molar-refractivity contribution in [3.63, 3.8) is 0 Å². The number of carbonyl (C=O) groups is 2. The number of hydrogen-bond donors (Lipinski definition) is 1. The molecule has 2 heterocycles. The molecule has 2 aliphatic heterocycles. The summed E-state index contributed by atoms with van der Waals surface area (Å²) < 4.78 is 0. The second-order valence-corrected chi connectivity index (χ2v) is 8.91. The van der Waals surface area contributed by atoms with E-state index in [9.17, 15) is 9.59 Å². The van der Waals surface area contributed by atoms with Crippen molar-refractivity contribution in [1.82, 2.24) is 15.1 Å². The van der Waals surface area contributed by atoms with E-state index in [-0.39, 0.29) is 17.7 Å². The molecule has 1 aromatic carbocycles. The largest absolute Gasteiger partial charge is 0.342 e. The lowest BCUT2D eigenvalue weighted by Gasteiger charge is -2.38. The van der Waals surface area contributed by atoms with Crippen LogP contribution >= 0.6 is 0 Å². The van der Waals surface area contributed by atoms with Gasteiger partial charge in [-0.15, -0.1) is 0 Å². The van der Waals surface area contributed by atoms with Gasteiger partial charge in [0.15, 0.2) is 0 Å². The molecule has 1 saturated carbocycles. The van der Waals surface area contributed by atoms with Crippen molar-refractivity contribution >= 4 is 11.8 Å². The topological polar surface area (TPSA) is 52.7 Å². The van der Waals surface area contributed by atoms with Crippen molar-refractivity contribution in [2.45, 2.75) is 51.5 Å². The van der Waals surface area contributed by atoms with Gasteiger partial charge in [0.2, 0.25) is 5.91 Å². The van der Waals surface area contributed by atoms with E-state index in [1.54, 1.807) is 0 Å². The molecule has 4 rings (SSSR count). The van der Waals surface area contributed by atoms with E-state index in [0.717, 1.165) is 68.9 Å². The number of likely N-dealkylation sites (tertiary alicyclic amines) is 2. The molecule has 0 spiro atoms. The van der Waals surface area contributed by atoms with E-state index in [1.807, 2.05) is 41.0 Å². The molecule has 0 bridgehead atoms. The number of rotatable bonds is 5. The average Bonchev–Trinajstić information content (AvgIpc) is 3.57. The first-order chi connectivity index (χ1) is 13.6. The van der Waals surface area contributed by atoms with Crippen LogP contribution in [0, 0.1) is 18.8 Å². The summed E-state index contributed by atoms with van der Waals surface area (Å²) in [5.41, 5.74) is 1.87. The van der Waals surface area contributed by atoms with Crippen LogP contribution in [0.3, 0.4) is 0 Å². The van der Waals surface area contributed by atoms with Crippen molar-refractivity contribution < 1.29 is 9.59 Å². The van der Waals surface area contributed by atoms with Gasteiger partial charge in [-0.05, 0) is 70.0 Å². The Morgan fingerprint density at radius 1 is 0.964 bits per heavy atom. The van der Waals surface area contributed by atoms with Crippen molar-refractivity contribution in [1.29, 1.82) is 0 Å². The molecule has 2 amide bonds. The number of carbonyl (C=O) groups excluding carboxylic acids is 2. The van der Waals surface area contributed by atoms with Crippen molar-refractivity contribution in [3.8, 4) is 0 Å². The minimum absolute atomic E-state index is 0.0425. The molecule has 1 atom stereocenters. The summed E-state index contributed by atoms with van der Waals surface area (Å²) in [5.74, 6) is 1.17. The van der Waals surface area contributed by atoms with E-state index in [1.165, 1.54) is 12.8 Å². The summed E-state index contributed by atoms with van der Waals surface area (Å²) in [4.78, 5) is 29.8. The van der Waals surface area contributed by atoms with E-state index < -0.39 is 0 Å². The predicted octanol–water partition coefficient (Wildman–Crippen LogP) is 2.84. The monoisotopic (exact) mass is 383 g/mol. The SMILES string of the molecule is Cc1ccc(C(=O)N2CCCC(C(=O)N3CCC(NCC4CC4)CC3)C2)cc1. The van der Waals surface area contributed by atoms with Crippen LogP contribution in [0.15, 0.2) is 24.3 Å². The molecule has 2 saturated heterocycles. The molecule has 152 valence electrons. The zero-order valence-corrected chi connectivity index (χ0v) is 17.0. The Labute approximate surface area is 168 Å². The molecule has 0 aromatic heterocycles. The minimum Gasteiger partial charge on any atom is -0.342 e. The van der Waals surface area contributed by atoms with Crippen LogP contribution < -0.4 is 5.32 Å². The molecule has 5 heteroatoms. The third-order valence-corrected chi connectivity index (χ3v) is 6.56. The van der Waals surface area contributed by atoms with Gasteiger partial charge in [0.05, 0.1) is 5.92 Å². The van der Waals surface area contributed by atoms with Gasteiger partial charge in [-0.2, -0.15) is 0 Å². The molecule has 1 unspecified atom stereocenters. The maximum Gasteiger partial charge on any atom is 0.253 e. The zero-order valence-electron chi connectivity index (χ0n) is 17.0. The summed E-state index contributed by atoms with van der Waals surface area (Å²) in [6.45, 7) is 6.19. The molecule has 5 nitrogen and oxygen atoms in total. The number of aryl methyl sites for hydroxylation is 1. The predicted molar refractivity (Wildman–Crippen MR) is 110 cm³/mol. The first-order valence-corrected chi connectivity index (χ1v) is 11.0. The number of nitrogens with one attached hydrogen (secondary N) is 1. The third-order valence-electron chi connectivity index (χ3n) is 6.56. The Hall–Kier alpha value is -1.88. The van der Waals surface area contributed by atoms with Gasteiger partial charge in [-0.1, -0.05) is 17.7 Å². The number of nitrogens with zero attached hydrogens (tertiary/aromatic N) is 2. The van der Waals surface area contributed by atoms with Gasteiger partial charge in [0, 0.05) is 37.8 Å². The summed E-state index contributed by atoms with van der Waals surface area (Å²) in [6, 6.07) is 8.30. The summed E-state index contributed by atoms with van der Waals surface area (Å²) in [6.07, 6.45) is 6.67. The smallest absolute Gasteiger partial charge is 0.253 e. The standard InChI is InChI=1S/C23H33N3O2/c1-17-4-8-19(9-5-17)22(27)26-12-2-3-20(16-26)23(28)25-13-10-21(11-14-25)24-15-18-6-7-18/h4-5,8-9,18,20-21,24H,2-3,6-7,10-16H2,1H3. The molecule has 1 aliphatic carbocycles. The Bertz CT molecular complexity index is 690. The van der Waals surface area contributed by atoms with E-state index in [2.05, 4.69) is 5.32 Å². The van der Waals surface area contributed by atoms with E-state index in [0.29, 0.717) is 12.6 Å². The molecule has 0 radical (unpaired) electrons. The summed E-state index contributed by atoms with van der Waals surface area (Å²) in [5, 5.41) is 3.68. The Morgan fingerprint density at radius 3 is 2.36 bits per heavy atom. The second kappa shape index (κ2) is 8.64. The molecule has 3 aliphatic rings. The highest BCUT2D eigenvalue weighted by atomic mass is 16.2. The van der Waals surface area contributed by atoms with E-state index >= 15 is 0 Å². The number of amides is 2. The first-order valence-electron chi connectivity index (χ1n) is 11.0. The second-order valence-electron chi connectivity index (χ2n) is 8.91. The quantitative estimate of drug-likeness (QED) is 0.851. The van der Waals surface area contributed by atoms with Crippen LogP contribution in [0.5, 0.6) is 0 Å². The number of hydrogen-bond acceptors (Lipinski definition) is 3. The highest BCUT2D eigenvalue weighted by molar-refractivity contribution is 5.94. The summed E-state index contributed by atoms with van der Waals surface area (Å²) in [7, 11) is 0. The van der Waals surface area contributed by atoms with Crippen molar-refractivity contribution in [2.24, 2.45) is 11.8 Å². The molecule has 28 heavy (non-hydrogen) atoms. The maximum atomic E-state index is 13.1. The first kappa shape index (κ1) is 19.4. The molecular formula is C23H33N3O2. The Morgan fingerprint density at radius 2 is 1.68 bits per heavy atom. The summed E-state index contributed by atoms with van der Waals surface area (Å²) >= 11 is 0. The molecule has 3 fully saturated rings. The highest BCUT2D eigenvalue weighted by Crippen LogP contribution is 2.28. The lowest BCUT2D eigenvalue weighted by Crippen LogP contribution is -2.50. The molecule has 1 aromatic rings. The van der Waals surface area contributed by atoms with Crippen LogP contribution in [-0.4, -0.2) is 60.4 Å². The van der Waals surface area contributed by atoms with E-state index in [4.69, 9.17) is 0 Å². The zero-order chi connectivity index (χ0) is 19.5. The number of piperidine rings is 2. The Balaban J connectivity index is 1.28. The lowest BCUT2D eigenvalue weighted by molar-refractivity contribution is -0.138. The van der Waals surface area contributed by atoms with Gasteiger partial charge < -0.3 is 15.1 Å². The fraction of sp³-hybridized carbons (Fsp3) is 0.652. The number of benzene rings is 1. The minimum atomic E-state index is -0.0425. The van der Waals surface area contributed by atoms with Crippen LogP contribution in [0.2, 0.25) is 0 Å². The van der Waals surface area contributed by atoms with Gasteiger partial charge in [-0.3, -0.25) is 9.59 Å².